The van der Waals surface area contributed by atoms with Gasteiger partial charge in [-0.1, -0.05) is 24.3 Å². The Morgan fingerprint density at radius 1 is 0.727 bits per heavy atom. The van der Waals surface area contributed by atoms with Gasteiger partial charge in [0.1, 0.15) is 29.1 Å². The van der Waals surface area contributed by atoms with Crippen molar-refractivity contribution in [3.8, 4) is 22.4 Å². The number of likely N-dealkylation sites (tertiary alicyclic amines) is 2. The Morgan fingerprint density at radius 2 is 1.29 bits per heavy atom. The maximum absolute atomic E-state index is 14.0. The first-order chi connectivity index (χ1) is 31.1. The number of hydrogen-bond acceptors (Lipinski definition) is 12. The summed E-state index contributed by atoms with van der Waals surface area (Å²) in [6.45, 7) is 13.0. The quantitative estimate of drug-likeness (QED) is 0.111. The zero-order chi connectivity index (χ0) is 47.9. The van der Waals surface area contributed by atoms with E-state index in [-0.39, 0.29) is 36.3 Å². The molecule has 66 heavy (non-hydrogen) atoms. The van der Waals surface area contributed by atoms with E-state index >= 15 is 0 Å². The number of aromatic amines is 1. The minimum Gasteiger partial charge on any atom is -0.444 e. The number of carbonyl (C=O) groups excluding carboxylic acids is 5. The second-order valence-corrected chi connectivity index (χ2v) is 19.8. The van der Waals surface area contributed by atoms with Gasteiger partial charge >= 0.3 is 12.2 Å². The third kappa shape index (κ3) is 13.5. The summed E-state index contributed by atoms with van der Waals surface area (Å²) in [5.41, 5.74) is 2.05. The van der Waals surface area contributed by atoms with Crippen LogP contribution in [0.2, 0.25) is 0 Å². The molecule has 18 heteroatoms. The Morgan fingerprint density at radius 3 is 1.86 bits per heavy atom. The topological polar surface area (TPSA) is 207 Å². The lowest BCUT2D eigenvalue weighted by Gasteiger charge is -2.30. The molecule has 6 rings (SSSR count). The zero-order valence-corrected chi connectivity index (χ0v) is 40.1. The molecule has 0 radical (unpaired) electrons. The van der Waals surface area contributed by atoms with Crippen LogP contribution in [0.5, 0.6) is 0 Å². The Balaban J connectivity index is 1.06. The maximum Gasteiger partial charge on any atom is 0.408 e. The summed E-state index contributed by atoms with van der Waals surface area (Å²) >= 11 is 0. The summed E-state index contributed by atoms with van der Waals surface area (Å²) < 4.78 is 10.9. The minimum atomic E-state index is -0.787. The molecule has 0 aliphatic carbocycles. The van der Waals surface area contributed by atoms with Crippen LogP contribution < -0.4 is 16.0 Å². The van der Waals surface area contributed by atoms with Crippen molar-refractivity contribution in [2.75, 3.05) is 66.2 Å². The number of nitrogens with zero attached hydrogens (tertiary/aromatic N) is 7. The zero-order valence-electron chi connectivity index (χ0n) is 40.1. The van der Waals surface area contributed by atoms with Gasteiger partial charge < -0.3 is 44.7 Å². The Labute approximate surface area is 387 Å². The van der Waals surface area contributed by atoms with Crippen molar-refractivity contribution in [3.63, 3.8) is 0 Å². The number of H-pyrrole nitrogens is 1. The summed E-state index contributed by atoms with van der Waals surface area (Å²) in [4.78, 5) is 90.6. The summed E-state index contributed by atoms with van der Waals surface area (Å²) in [7, 11) is 7.66. The number of aromatic nitrogens is 4. The van der Waals surface area contributed by atoms with E-state index in [4.69, 9.17) is 14.5 Å². The average molecular weight is 910 g/mol. The standard InChI is InChI=1S/C48H67N11O7/c1-47(2,3)65-45(63)53-36(18-21-56(7)8)42(61)58-23-17-34(29-58)41(60)55-44-50-26-35(27-51-44)32-14-13-31-25-33(16-15-30(31)24-32)38-28-49-40(52-38)39-12-11-20-59(39)43(62)37(19-22-57(9)10)54-46(64)66-48(4,5)6/h13-16,24-28,34,36-37,39H,11-12,17-23,29H2,1-10H3,(H,49,52)(H,53,63)(H,54,64)(H,50,51,55,60)/t34-,36+,37-,39-/m0/s1. The fourth-order valence-electron chi connectivity index (χ4n) is 8.10. The van der Waals surface area contributed by atoms with E-state index in [1.165, 1.54) is 0 Å². The molecule has 0 spiro atoms. The van der Waals surface area contributed by atoms with Crippen molar-refractivity contribution in [3.05, 3.63) is 60.8 Å². The molecule has 2 aliphatic heterocycles. The average Bonchev–Trinajstić information content (AvgIpc) is 4.04. The highest BCUT2D eigenvalue weighted by molar-refractivity contribution is 5.93. The van der Waals surface area contributed by atoms with Gasteiger partial charge in [0, 0.05) is 43.2 Å². The van der Waals surface area contributed by atoms with E-state index < -0.39 is 41.4 Å². The predicted octanol–water partition coefficient (Wildman–Crippen LogP) is 5.83. The monoisotopic (exact) mass is 910 g/mol. The van der Waals surface area contributed by atoms with Gasteiger partial charge in [-0.3, -0.25) is 19.7 Å². The number of anilines is 1. The first-order valence-corrected chi connectivity index (χ1v) is 22.7. The second kappa shape index (κ2) is 21.0. The number of rotatable bonds is 15. The molecule has 2 fully saturated rings. The molecule has 2 saturated heterocycles. The third-order valence-corrected chi connectivity index (χ3v) is 11.4. The fourth-order valence-corrected chi connectivity index (χ4v) is 8.10. The SMILES string of the molecule is CN(C)CC[C@H](NC(=O)OC(C)(C)C)C(=O)N1CCC[C@H]1c1ncc(-c2ccc3cc(-c4cnc(NC(=O)[C@H]5CCN(C(=O)[C@@H](CCN(C)C)NC(=O)OC(C)(C)C)C5)nc4)ccc3c2)[nH]1. The Bertz CT molecular complexity index is 2350. The Hall–Kier alpha value is -6.14. The van der Waals surface area contributed by atoms with Crippen LogP contribution in [0.3, 0.4) is 0 Å². The third-order valence-electron chi connectivity index (χ3n) is 11.4. The van der Waals surface area contributed by atoms with Gasteiger partial charge in [0.2, 0.25) is 23.7 Å². The summed E-state index contributed by atoms with van der Waals surface area (Å²) in [5.74, 6) is -0.279. The van der Waals surface area contributed by atoms with Gasteiger partial charge in [-0.2, -0.15) is 0 Å². The van der Waals surface area contributed by atoms with Crippen LogP contribution in [0, 0.1) is 5.92 Å². The first kappa shape index (κ1) is 49.3. The lowest BCUT2D eigenvalue weighted by molar-refractivity contribution is -0.135. The van der Waals surface area contributed by atoms with Crippen molar-refractivity contribution in [1.29, 1.82) is 0 Å². The summed E-state index contributed by atoms with van der Waals surface area (Å²) in [5, 5.41) is 10.4. The van der Waals surface area contributed by atoms with Crippen LogP contribution >= 0.6 is 0 Å². The Kier molecular flexibility index (Phi) is 15.7. The molecule has 4 heterocycles. The highest BCUT2D eigenvalue weighted by Gasteiger charge is 2.38. The van der Waals surface area contributed by atoms with Crippen LogP contribution in [-0.4, -0.2) is 154 Å². The van der Waals surface area contributed by atoms with Crippen LogP contribution in [0.1, 0.15) is 85.5 Å². The van der Waals surface area contributed by atoms with Gasteiger partial charge in [0.25, 0.3) is 0 Å². The highest BCUT2D eigenvalue weighted by atomic mass is 16.6. The van der Waals surface area contributed by atoms with Crippen molar-refractivity contribution < 1.29 is 33.4 Å². The molecule has 0 bridgehead atoms. The molecule has 2 aromatic carbocycles. The maximum atomic E-state index is 14.0. The van der Waals surface area contributed by atoms with E-state index in [1.807, 2.05) is 67.2 Å². The number of fused-ring (bicyclic) bond motifs is 1. The van der Waals surface area contributed by atoms with E-state index in [1.54, 1.807) is 65.0 Å². The number of hydrogen-bond donors (Lipinski definition) is 4. The molecule has 4 atom stereocenters. The highest BCUT2D eigenvalue weighted by Crippen LogP contribution is 2.34. The number of ether oxygens (including phenoxy) is 2. The molecule has 4 aromatic rings. The molecule has 0 saturated carbocycles. The minimum absolute atomic E-state index is 0.155. The van der Waals surface area contributed by atoms with Crippen LogP contribution in [0.15, 0.2) is 55.0 Å². The normalized spacial score (nSPS) is 17.5. The van der Waals surface area contributed by atoms with Crippen molar-refractivity contribution >= 4 is 46.6 Å². The number of benzene rings is 2. The number of amides is 5. The lowest BCUT2D eigenvalue weighted by atomic mass is 10.0. The molecule has 356 valence electrons. The molecular weight excluding hydrogens is 843 g/mol. The van der Waals surface area contributed by atoms with Crippen molar-refractivity contribution in [2.45, 2.75) is 103 Å². The molecule has 5 amide bonds. The molecule has 2 aliphatic rings. The molecule has 2 aromatic heterocycles. The van der Waals surface area contributed by atoms with Crippen molar-refractivity contribution in [1.82, 2.24) is 50.2 Å². The second-order valence-electron chi connectivity index (χ2n) is 19.8. The van der Waals surface area contributed by atoms with Crippen LogP contribution in [0.25, 0.3) is 33.2 Å². The van der Waals surface area contributed by atoms with Gasteiger partial charge in [-0.05, 0) is 143 Å². The molecule has 18 nitrogen and oxygen atoms in total. The molecule has 0 unspecified atom stereocenters. The van der Waals surface area contributed by atoms with Crippen LogP contribution in [-0.2, 0) is 23.9 Å². The molecular formula is C48H67N11O7. The van der Waals surface area contributed by atoms with Gasteiger partial charge in [0.05, 0.1) is 23.9 Å². The van der Waals surface area contributed by atoms with Crippen LogP contribution in [0.4, 0.5) is 15.5 Å². The van der Waals surface area contributed by atoms with E-state index in [0.29, 0.717) is 51.3 Å². The number of alkyl carbamates (subject to hydrolysis) is 2. The molecule has 4 N–H and O–H groups in total. The summed E-state index contributed by atoms with van der Waals surface area (Å²) in [6.07, 6.45) is 6.73. The number of carbonyl (C=O) groups is 5. The lowest BCUT2D eigenvalue weighted by Crippen LogP contribution is -2.50. The number of nitrogens with one attached hydrogen (secondary N) is 4. The largest absolute Gasteiger partial charge is 0.444 e. The smallest absolute Gasteiger partial charge is 0.408 e. The van der Waals surface area contributed by atoms with Crippen molar-refractivity contribution in [2.24, 2.45) is 5.92 Å². The predicted molar refractivity (Wildman–Crippen MR) is 252 cm³/mol. The van der Waals surface area contributed by atoms with E-state index in [0.717, 1.165) is 46.0 Å². The van der Waals surface area contributed by atoms with E-state index in [2.05, 4.69) is 43.0 Å². The fraction of sp³-hybridized carbons (Fsp3) is 0.542. The van der Waals surface area contributed by atoms with E-state index in [9.17, 15) is 24.0 Å². The van der Waals surface area contributed by atoms with Gasteiger partial charge in [-0.15, -0.1) is 0 Å². The van der Waals surface area contributed by atoms with Gasteiger partial charge in [0.15, 0.2) is 0 Å². The summed E-state index contributed by atoms with van der Waals surface area (Å²) in [6, 6.07) is 10.5. The first-order valence-electron chi connectivity index (χ1n) is 22.7. The van der Waals surface area contributed by atoms with Gasteiger partial charge in [-0.25, -0.2) is 24.5 Å². The number of imidazole rings is 1.